The average Bonchev–Trinajstić information content (AvgIpc) is 2.36. The number of hydrogen-bond donors (Lipinski definition) is 2. The van der Waals surface area contributed by atoms with E-state index in [4.69, 9.17) is 27.5 Å². The minimum Gasteiger partial charge on any atom is -0.454 e. The van der Waals surface area contributed by atoms with E-state index >= 15 is 0 Å². The van der Waals surface area contributed by atoms with Gasteiger partial charge in [-0.1, -0.05) is 11.6 Å². The van der Waals surface area contributed by atoms with Gasteiger partial charge < -0.3 is 10.5 Å². The molecule has 0 fully saturated rings. The molecule has 1 heterocycles. The minimum absolute atomic E-state index is 0.0165. The molecule has 0 spiro atoms. The Labute approximate surface area is 122 Å². The Balaban J connectivity index is 2.42. The van der Waals surface area contributed by atoms with Crippen molar-refractivity contribution in [2.45, 2.75) is 0 Å². The molecule has 0 aliphatic carbocycles. The maximum absolute atomic E-state index is 13.4. The van der Waals surface area contributed by atoms with Crippen LogP contribution >= 0.6 is 27.5 Å². The van der Waals surface area contributed by atoms with Crippen molar-refractivity contribution in [2.24, 2.45) is 5.73 Å². The molecule has 19 heavy (non-hydrogen) atoms. The van der Waals surface area contributed by atoms with Gasteiger partial charge in [0.2, 0.25) is 0 Å². The number of nitrogen functional groups attached to an aromatic ring is 1. The largest absolute Gasteiger partial charge is 0.454 e. The quantitative estimate of drug-likeness (QED) is 0.506. The number of halogens is 3. The third kappa shape index (κ3) is 3.02. The van der Waals surface area contributed by atoms with Crippen molar-refractivity contribution in [2.75, 3.05) is 0 Å². The Bertz CT molecular complexity index is 651. The molecular weight excluding hydrogens is 337 g/mol. The number of ether oxygens (including phenoxy) is 1. The number of benzene rings is 1. The summed E-state index contributed by atoms with van der Waals surface area (Å²) in [5.74, 6) is -0.286. The molecule has 2 rings (SSSR count). The number of pyridine rings is 1. The number of nitrogens with zero attached hydrogens (tertiary/aromatic N) is 1. The second-order valence-electron chi connectivity index (χ2n) is 3.58. The molecule has 0 amide bonds. The smallest absolute Gasteiger partial charge is 0.156 e. The van der Waals surface area contributed by atoms with Crippen molar-refractivity contribution < 1.29 is 9.13 Å². The fraction of sp³-hybridized carbons (Fsp3) is 0. The molecule has 98 valence electrons. The topological polar surface area (TPSA) is 72.0 Å². The zero-order valence-corrected chi connectivity index (χ0v) is 11.8. The lowest BCUT2D eigenvalue weighted by molar-refractivity contribution is 0.470. The zero-order chi connectivity index (χ0) is 14.0. The van der Waals surface area contributed by atoms with Gasteiger partial charge in [-0.3, -0.25) is 10.4 Å². The van der Waals surface area contributed by atoms with Crippen molar-refractivity contribution in [3.8, 4) is 11.5 Å². The molecular formula is C12H8BrClFN3O. The predicted octanol–water partition coefficient (Wildman–Crippen LogP) is 3.71. The van der Waals surface area contributed by atoms with E-state index in [2.05, 4.69) is 20.9 Å². The Hall–Kier alpha value is -1.66. The van der Waals surface area contributed by atoms with Gasteiger partial charge in [-0.05, 0) is 28.1 Å². The van der Waals surface area contributed by atoms with Crippen molar-refractivity contribution in [1.82, 2.24) is 4.98 Å². The summed E-state index contributed by atoms with van der Waals surface area (Å²) < 4.78 is 19.4. The zero-order valence-electron chi connectivity index (χ0n) is 9.45. The van der Waals surface area contributed by atoms with Crippen molar-refractivity contribution in [3.05, 3.63) is 51.5 Å². The lowest BCUT2D eigenvalue weighted by Gasteiger charge is -2.11. The number of hydrogen-bond acceptors (Lipinski definition) is 3. The van der Waals surface area contributed by atoms with Crippen molar-refractivity contribution in [1.29, 1.82) is 5.41 Å². The van der Waals surface area contributed by atoms with Crippen LogP contribution < -0.4 is 10.5 Å². The summed E-state index contributed by atoms with van der Waals surface area (Å²) >= 11 is 8.86. The maximum Gasteiger partial charge on any atom is 0.156 e. The molecule has 0 bridgehead atoms. The molecule has 0 saturated heterocycles. The number of aromatic nitrogens is 1. The summed E-state index contributed by atoms with van der Waals surface area (Å²) in [6.07, 6.45) is 2.89. The highest BCUT2D eigenvalue weighted by atomic mass is 79.9. The van der Waals surface area contributed by atoms with E-state index < -0.39 is 5.82 Å². The third-order valence-electron chi connectivity index (χ3n) is 2.27. The van der Waals surface area contributed by atoms with Crippen molar-refractivity contribution in [3.63, 3.8) is 0 Å². The van der Waals surface area contributed by atoms with Gasteiger partial charge in [0.15, 0.2) is 5.75 Å². The van der Waals surface area contributed by atoms with Crippen LogP contribution in [0.5, 0.6) is 11.5 Å². The van der Waals surface area contributed by atoms with E-state index in [1.165, 1.54) is 24.5 Å². The van der Waals surface area contributed by atoms with Gasteiger partial charge in [-0.25, -0.2) is 4.39 Å². The standard InChI is InChI=1S/C12H8BrClFN3O/c13-7-3-8(14)9(15)4-10(7)19-11-5-18-2-1-6(11)12(16)17/h1-5H,(H3,16,17). The number of nitrogens with one attached hydrogen (secondary N) is 1. The molecule has 2 aromatic rings. The predicted molar refractivity (Wildman–Crippen MR) is 74.4 cm³/mol. The first-order valence-electron chi connectivity index (χ1n) is 5.10. The summed E-state index contributed by atoms with van der Waals surface area (Å²) in [5.41, 5.74) is 5.80. The second-order valence-corrected chi connectivity index (χ2v) is 4.85. The molecule has 0 unspecified atom stereocenters. The van der Waals surface area contributed by atoms with Crippen LogP contribution in [0.25, 0.3) is 0 Å². The van der Waals surface area contributed by atoms with Crippen molar-refractivity contribution >= 4 is 33.4 Å². The van der Waals surface area contributed by atoms with Crippen LogP contribution in [0.15, 0.2) is 35.1 Å². The van der Waals surface area contributed by atoms with Crippen LogP contribution in [0.1, 0.15) is 5.56 Å². The molecule has 3 N–H and O–H groups in total. The molecule has 0 atom stereocenters. The summed E-state index contributed by atoms with van der Waals surface area (Å²) in [4.78, 5) is 3.88. The van der Waals surface area contributed by atoms with E-state index in [9.17, 15) is 4.39 Å². The first-order chi connectivity index (χ1) is 8.99. The highest BCUT2D eigenvalue weighted by molar-refractivity contribution is 9.10. The molecule has 0 saturated carbocycles. The van der Waals surface area contributed by atoms with Gasteiger partial charge >= 0.3 is 0 Å². The van der Waals surface area contributed by atoms with E-state index in [0.717, 1.165) is 6.07 Å². The lowest BCUT2D eigenvalue weighted by atomic mass is 10.2. The third-order valence-corrected chi connectivity index (χ3v) is 3.18. The summed E-state index contributed by atoms with van der Waals surface area (Å²) in [7, 11) is 0. The normalized spacial score (nSPS) is 10.3. The lowest BCUT2D eigenvalue weighted by Crippen LogP contribution is -2.12. The van der Waals surface area contributed by atoms with Crippen LogP contribution in [0.2, 0.25) is 5.02 Å². The summed E-state index contributed by atoms with van der Waals surface area (Å²) in [6, 6.07) is 4.07. The number of nitrogens with two attached hydrogens (primary N) is 1. The Morgan fingerprint density at radius 3 is 2.84 bits per heavy atom. The fourth-order valence-corrected chi connectivity index (χ4v) is 2.10. The monoisotopic (exact) mass is 343 g/mol. The van der Waals surface area contributed by atoms with Gasteiger partial charge in [0, 0.05) is 12.3 Å². The van der Waals surface area contributed by atoms with Crippen LogP contribution in [0, 0.1) is 11.2 Å². The first-order valence-corrected chi connectivity index (χ1v) is 6.27. The second kappa shape index (κ2) is 5.54. The Kier molecular flexibility index (Phi) is 4.01. The molecule has 4 nitrogen and oxygen atoms in total. The molecule has 0 aliphatic rings. The van der Waals surface area contributed by atoms with Gasteiger partial charge in [-0.15, -0.1) is 0 Å². The average molecular weight is 345 g/mol. The van der Waals surface area contributed by atoms with E-state index in [1.807, 2.05) is 0 Å². The highest BCUT2D eigenvalue weighted by Gasteiger charge is 2.12. The molecule has 0 radical (unpaired) electrons. The van der Waals surface area contributed by atoms with Gasteiger partial charge in [0.1, 0.15) is 17.4 Å². The minimum atomic E-state index is -0.604. The van der Waals surface area contributed by atoms with E-state index in [0.29, 0.717) is 10.0 Å². The van der Waals surface area contributed by atoms with E-state index in [-0.39, 0.29) is 22.4 Å². The molecule has 0 aliphatic heterocycles. The first kappa shape index (κ1) is 13.8. The number of rotatable bonds is 3. The van der Waals surface area contributed by atoms with Crippen LogP contribution in [0.3, 0.4) is 0 Å². The maximum atomic E-state index is 13.4. The van der Waals surface area contributed by atoms with Gasteiger partial charge in [0.25, 0.3) is 0 Å². The molecule has 1 aromatic heterocycles. The number of amidine groups is 1. The fourth-order valence-electron chi connectivity index (χ4n) is 1.38. The molecule has 1 aromatic carbocycles. The van der Waals surface area contributed by atoms with Crippen LogP contribution in [-0.2, 0) is 0 Å². The Morgan fingerprint density at radius 1 is 1.42 bits per heavy atom. The van der Waals surface area contributed by atoms with Gasteiger partial charge in [-0.2, -0.15) is 0 Å². The Morgan fingerprint density at radius 2 is 2.16 bits per heavy atom. The SMILES string of the molecule is N=C(N)c1ccncc1Oc1cc(F)c(Cl)cc1Br. The molecule has 7 heteroatoms. The highest BCUT2D eigenvalue weighted by Crippen LogP contribution is 2.34. The summed E-state index contributed by atoms with van der Waals surface area (Å²) in [5, 5.41) is 7.42. The van der Waals surface area contributed by atoms with Crippen LogP contribution in [0.4, 0.5) is 4.39 Å². The van der Waals surface area contributed by atoms with Gasteiger partial charge in [0.05, 0.1) is 21.3 Å². The van der Waals surface area contributed by atoms with Crippen LogP contribution in [-0.4, -0.2) is 10.8 Å². The summed E-state index contributed by atoms with van der Waals surface area (Å²) in [6.45, 7) is 0. The van der Waals surface area contributed by atoms with E-state index in [1.54, 1.807) is 0 Å².